The second kappa shape index (κ2) is 6.62. The van der Waals surface area contributed by atoms with E-state index in [0.717, 1.165) is 24.6 Å². The number of hydrogen-bond donors (Lipinski definition) is 2. The molecule has 0 saturated heterocycles. The summed E-state index contributed by atoms with van der Waals surface area (Å²) in [5, 5.41) is 2.48. The first kappa shape index (κ1) is 19.7. The van der Waals surface area contributed by atoms with Crippen LogP contribution in [0.3, 0.4) is 0 Å². The van der Waals surface area contributed by atoms with E-state index in [2.05, 4.69) is 5.32 Å². The molecule has 1 aromatic carbocycles. The maximum absolute atomic E-state index is 12.6. The fourth-order valence-corrected chi connectivity index (χ4v) is 4.14. The Morgan fingerprint density at radius 2 is 1.84 bits per heavy atom. The maximum Gasteiger partial charge on any atom is 0.501 e. The van der Waals surface area contributed by atoms with Gasteiger partial charge in [-0.15, -0.1) is 12.4 Å². The van der Waals surface area contributed by atoms with E-state index in [1.165, 1.54) is 6.07 Å². The van der Waals surface area contributed by atoms with E-state index in [0.29, 0.717) is 0 Å². The van der Waals surface area contributed by atoms with E-state index in [4.69, 9.17) is 5.73 Å². The standard InChI is InChI=1S/C15H15F3N2O3S.ClH/c16-15(17,18)24(22,23)11-3-1-2-10(7-11)20-14(21)12-8-4-5-9(6-8)13(12)19;/h1-5,7-9,12-13H,6,19H2,(H,20,21);1H/t8-,9+,12+,13-;/m0./s1. The number of anilines is 1. The van der Waals surface area contributed by atoms with Gasteiger partial charge in [0.2, 0.25) is 5.91 Å². The molecule has 0 spiro atoms. The molecule has 4 atom stereocenters. The van der Waals surface area contributed by atoms with Crippen molar-refractivity contribution >= 4 is 33.8 Å². The summed E-state index contributed by atoms with van der Waals surface area (Å²) in [6.07, 6.45) is 4.67. The third-order valence-corrected chi connectivity index (χ3v) is 6.02. The van der Waals surface area contributed by atoms with Gasteiger partial charge in [-0.1, -0.05) is 18.2 Å². The van der Waals surface area contributed by atoms with Gasteiger partial charge >= 0.3 is 5.51 Å². The Balaban J connectivity index is 0.00000225. The average molecular weight is 397 g/mol. The zero-order valence-corrected chi connectivity index (χ0v) is 14.4. The number of amides is 1. The van der Waals surface area contributed by atoms with E-state index in [1.807, 2.05) is 12.2 Å². The smallest absolute Gasteiger partial charge is 0.326 e. The summed E-state index contributed by atoms with van der Waals surface area (Å²) in [7, 11) is -5.46. The predicted octanol–water partition coefficient (Wildman–Crippen LogP) is 2.49. The SMILES string of the molecule is Cl.N[C@@H]1[C@H](C(=O)Nc2cccc(S(=O)(=O)C(F)(F)F)c2)[C@H]2C=C[C@@H]1C2. The van der Waals surface area contributed by atoms with Crippen LogP contribution < -0.4 is 11.1 Å². The lowest BCUT2D eigenvalue weighted by atomic mass is 9.88. The van der Waals surface area contributed by atoms with Crippen molar-refractivity contribution in [2.75, 3.05) is 5.32 Å². The summed E-state index contributed by atoms with van der Waals surface area (Å²) < 4.78 is 60.7. The molecular weight excluding hydrogens is 381 g/mol. The summed E-state index contributed by atoms with van der Waals surface area (Å²) in [5.41, 5.74) is 0.613. The Morgan fingerprint density at radius 1 is 1.20 bits per heavy atom. The zero-order valence-electron chi connectivity index (χ0n) is 12.7. The first-order valence-electron chi connectivity index (χ1n) is 7.27. The first-order chi connectivity index (χ1) is 11.1. The van der Waals surface area contributed by atoms with Gasteiger partial charge in [0.15, 0.2) is 0 Å². The van der Waals surface area contributed by atoms with Gasteiger partial charge in [-0.25, -0.2) is 8.42 Å². The topological polar surface area (TPSA) is 89.3 Å². The molecule has 1 aromatic rings. The average Bonchev–Trinajstić information content (AvgIpc) is 3.07. The molecule has 3 rings (SSSR count). The second-order valence-corrected chi connectivity index (χ2v) is 7.96. The molecule has 0 radical (unpaired) electrons. The lowest BCUT2D eigenvalue weighted by molar-refractivity contribution is -0.120. The molecule has 5 nitrogen and oxygen atoms in total. The van der Waals surface area contributed by atoms with Gasteiger partial charge < -0.3 is 11.1 Å². The van der Waals surface area contributed by atoms with Crippen LogP contribution in [0.1, 0.15) is 6.42 Å². The number of allylic oxidation sites excluding steroid dienone is 1. The molecule has 25 heavy (non-hydrogen) atoms. The molecule has 0 heterocycles. The van der Waals surface area contributed by atoms with Crippen molar-refractivity contribution in [2.24, 2.45) is 23.5 Å². The molecule has 10 heteroatoms. The monoisotopic (exact) mass is 396 g/mol. The third kappa shape index (κ3) is 3.40. The number of fused-ring (bicyclic) bond motifs is 2. The minimum absolute atomic E-state index is 0. The minimum Gasteiger partial charge on any atom is -0.326 e. The van der Waals surface area contributed by atoms with Gasteiger partial charge in [0.05, 0.1) is 10.8 Å². The van der Waals surface area contributed by atoms with Crippen LogP contribution >= 0.6 is 12.4 Å². The number of alkyl halides is 3. The summed E-state index contributed by atoms with van der Waals surface area (Å²) in [6, 6.07) is 3.78. The van der Waals surface area contributed by atoms with Crippen molar-refractivity contribution in [2.45, 2.75) is 22.9 Å². The van der Waals surface area contributed by atoms with Crippen LogP contribution in [-0.4, -0.2) is 25.9 Å². The molecule has 2 bridgehead atoms. The van der Waals surface area contributed by atoms with Crippen molar-refractivity contribution in [3.05, 3.63) is 36.4 Å². The molecule has 2 aliphatic rings. The molecule has 138 valence electrons. The molecule has 0 aromatic heterocycles. The van der Waals surface area contributed by atoms with Gasteiger partial charge in [-0.3, -0.25) is 4.79 Å². The number of benzene rings is 1. The van der Waals surface area contributed by atoms with Crippen LogP contribution in [0.15, 0.2) is 41.3 Å². The van der Waals surface area contributed by atoms with E-state index in [1.54, 1.807) is 0 Å². The number of nitrogens with two attached hydrogens (primary N) is 1. The van der Waals surface area contributed by atoms with Gasteiger partial charge in [0, 0.05) is 11.7 Å². The first-order valence-corrected chi connectivity index (χ1v) is 8.76. The van der Waals surface area contributed by atoms with Crippen LogP contribution in [0.2, 0.25) is 0 Å². The lowest BCUT2D eigenvalue weighted by Gasteiger charge is -2.23. The van der Waals surface area contributed by atoms with Gasteiger partial charge in [0.1, 0.15) is 0 Å². The van der Waals surface area contributed by atoms with Crippen LogP contribution in [0.25, 0.3) is 0 Å². The van der Waals surface area contributed by atoms with Crippen LogP contribution in [0.4, 0.5) is 18.9 Å². The fraction of sp³-hybridized carbons (Fsp3) is 0.400. The quantitative estimate of drug-likeness (QED) is 0.768. The second-order valence-electron chi connectivity index (χ2n) is 6.02. The highest BCUT2D eigenvalue weighted by atomic mass is 35.5. The normalized spacial score (nSPS) is 27.8. The summed E-state index contributed by atoms with van der Waals surface area (Å²) in [6.45, 7) is 0. The molecule has 1 amide bonds. The van der Waals surface area contributed by atoms with Gasteiger partial charge in [-0.05, 0) is 36.5 Å². The Bertz CT molecular complexity index is 810. The van der Waals surface area contributed by atoms with Crippen molar-refractivity contribution in [3.63, 3.8) is 0 Å². The van der Waals surface area contributed by atoms with Crippen LogP contribution in [0, 0.1) is 17.8 Å². The Labute approximate surface area is 148 Å². The van der Waals surface area contributed by atoms with Crippen molar-refractivity contribution in [1.82, 2.24) is 0 Å². The molecule has 0 unspecified atom stereocenters. The number of carbonyl (C=O) groups is 1. The molecule has 0 aliphatic heterocycles. The van der Waals surface area contributed by atoms with E-state index >= 15 is 0 Å². The van der Waals surface area contributed by atoms with Crippen molar-refractivity contribution < 1.29 is 26.4 Å². The van der Waals surface area contributed by atoms with E-state index in [9.17, 15) is 26.4 Å². The largest absolute Gasteiger partial charge is 0.501 e. The molecule has 2 aliphatic carbocycles. The predicted molar refractivity (Wildman–Crippen MR) is 87.8 cm³/mol. The number of hydrogen-bond acceptors (Lipinski definition) is 4. The molecule has 3 N–H and O–H groups in total. The highest BCUT2D eigenvalue weighted by molar-refractivity contribution is 7.92. The van der Waals surface area contributed by atoms with Crippen LogP contribution in [0.5, 0.6) is 0 Å². The third-order valence-electron chi connectivity index (χ3n) is 4.54. The maximum atomic E-state index is 12.6. The Hall–Kier alpha value is -1.58. The number of nitrogens with one attached hydrogen (secondary N) is 1. The number of carbonyl (C=O) groups excluding carboxylic acids is 1. The molecular formula is C15H16ClF3N2O3S. The highest BCUT2D eigenvalue weighted by Gasteiger charge is 2.48. The summed E-state index contributed by atoms with van der Waals surface area (Å²) in [5.74, 6) is -0.751. The van der Waals surface area contributed by atoms with Crippen molar-refractivity contribution in [3.8, 4) is 0 Å². The molecule has 1 saturated carbocycles. The summed E-state index contributed by atoms with van der Waals surface area (Å²) >= 11 is 0. The van der Waals surface area contributed by atoms with Crippen molar-refractivity contribution in [1.29, 1.82) is 0 Å². The zero-order chi connectivity index (χ0) is 17.7. The summed E-state index contributed by atoms with van der Waals surface area (Å²) in [4.78, 5) is 11.5. The van der Waals surface area contributed by atoms with Gasteiger partial charge in [-0.2, -0.15) is 13.2 Å². The fourth-order valence-electron chi connectivity index (χ4n) is 3.33. The number of sulfone groups is 1. The Kier molecular flexibility index (Phi) is 5.23. The molecule has 1 fully saturated rings. The lowest BCUT2D eigenvalue weighted by Crippen LogP contribution is -2.41. The number of halogens is 4. The number of rotatable bonds is 3. The Morgan fingerprint density at radius 3 is 2.40 bits per heavy atom. The van der Waals surface area contributed by atoms with E-state index in [-0.39, 0.29) is 36.0 Å². The van der Waals surface area contributed by atoms with Gasteiger partial charge in [0.25, 0.3) is 9.84 Å². The van der Waals surface area contributed by atoms with Crippen LogP contribution in [-0.2, 0) is 14.6 Å². The minimum atomic E-state index is -5.46. The van der Waals surface area contributed by atoms with E-state index < -0.39 is 32.1 Å². The highest BCUT2D eigenvalue weighted by Crippen LogP contribution is 2.43.